The van der Waals surface area contributed by atoms with Crippen LogP contribution in [-0.4, -0.2) is 22.1 Å². The number of halogens is 2. The lowest BCUT2D eigenvalue weighted by molar-refractivity contribution is -0.118. The molecule has 1 amide bonds. The zero-order chi connectivity index (χ0) is 21.8. The summed E-state index contributed by atoms with van der Waals surface area (Å²) >= 11 is 0. The first kappa shape index (κ1) is 20.0. The third-order valence-corrected chi connectivity index (χ3v) is 4.58. The van der Waals surface area contributed by atoms with Crippen molar-refractivity contribution in [2.45, 2.75) is 6.55 Å². The number of carbonyl (C=O) groups is 1. The number of nitrogens with one attached hydrogen (secondary N) is 1. The van der Waals surface area contributed by atoms with E-state index < -0.39 is 12.5 Å². The van der Waals surface area contributed by atoms with E-state index in [0.717, 1.165) is 4.57 Å². The quantitative estimate of drug-likeness (QED) is 0.479. The molecule has 0 unspecified atom stereocenters. The largest absolute Gasteiger partial charge is 0.482 e. The summed E-state index contributed by atoms with van der Waals surface area (Å²) in [5.74, 6) is 0.0484. The SMILES string of the molecule is N#Cc1ccccc1OCC(=O)Nc1ccc(-c2nc3ccccc3n2C(F)F)cc1. The van der Waals surface area contributed by atoms with E-state index in [9.17, 15) is 13.6 Å². The summed E-state index contributed by atoms with van der Waals surface area (Å²) < 4.78 is 33.6. The van der Waals surface area contributed by atoms with Crippen molar-refractivity contribution in [2.75, 3.05) is 11.9 Å². The van der Waals surface area contributed by atoms with Gasteiger partial charge in [0.15, 0.2) is 6.61 Å². The number of imidazole rings is 1. The molecule has 0 spiro atoms. The van der Waals surface area contributed by atoms with Crippen LogP contribution < -0.4 is 10.1 Å². The van der Waals surface area contributed by atoms with Crippen molar-refractivity contribution in [3.05, 3.63) is 78.4 Å². The van der Waals surface area contributed by atoms with Crippen molar-refractivity contribution in [1.29, 1.82) is 5.26 Å². The molecule has 1 N–H and O–H groups in total. The number of hydrogen-bond acceptors (Lipinski definition) is 4. The van der Waals surface area contributed by atoms with Crippen molar-refractivity contribution in [2.24, 2.45) is 0 Å². The molecule has 0 radical (unpaired) electrons. The molecule has 0 atom stereocenters. The number of fused-ring (bicyclic) bond motifs is 1. The van der Waals surface area contributed by atoms with Crippen molar-refractivity contribution in [1.82, 2.24) is 9.55 Å². The third kappa shape index (κ3) is 4.21. The Kier molecular flexibility index (Phi) is 5.58. The minimum atomic E-state index is -2.74. The van der Waals surface area contributed by atoms with Crippen LogP contribution in [0.25, 0.3) is 22.4 Å². The highest BCUT2D eigenvalue weighted by molar-refractivity contribution is 5.92. The van der Waals surface area contributed by atoms with Crippen molar-refractivity contribution < 1.29 is 18.3 Å². The highest BCUT2D eigenvalue weighted by Gasteiger charge is 2.18. The van der Waals surface area contributed by atoms with Gasteiger partial charge in [0.05, 0.1) is 16.6 Å². The average molecular weight is 418 g/mol. The van der Waals surface area contributed by atoms with E-state index in [1.54, 1.807) is 72.8 Å². The van der Waals surface area contributed by atoms with Crippen LogP contribution in [0.3, 0.4) is 0 Å². The van der Waals surface area contributed by atoms with E-state index in [1.807, 2.05) is 6.07 Å². The van der Waals surface area contributed by atoms with Gasteiger partial charge in [-0.25, -0.2) is 4.98 Å². The molecule has 0 saturated carbocycles. The van der Waals surface area contributed by atoms with Gasteiger partial charge in [0, 0.05) is 11.3 Å². The fourth-order valence-corrected chi connectivity index (χ4v) is 3.17. The van der Waals surface area contributed by atoms with E-state index >= 15 is 0 Å². The van der Waals surface area contributed by atoms with Crippen LogP contribution in [0.4, 0.5) is 14.5 Å². The monoisotopic (exact) mass is 418 g/mol. The van der Waals surface area contributed by atoms with Gasteiger partial charge in [-0.2, -0.15) is 14.0 Å². The predicted octanol–water partition coefficient (Wildman–Crippen LogP) is 4.99. The van der Waals surface area contributed by atoms with Crippen molar-refractivity contribution >= 4 is 22.6 Å². The highest BCUT2D eigenvalue weighted by Crippen LogP contribution is 2.30. The fraction of sp³-hybridized carbons (Fsp3) is 0.0870. The maximum Gasteiger partial charge on any atom is 0.320 e. The molecular weight excluding hydrogens is 402 g/mol. The molecule has 0 aliphatic heterocycles. The Hall–Kier alpha value is -4.25. The van der Waals surface area contributed by atoms with Crippen LogP contribution in [-0.2, 0) is 4.79 Å². The first-order chi connectivity index (χ1) is 15.1. The Morgan fingerprint density at radius 1 is 1.06 bits per heavy atom. The summed E-state index contributed by atoms with van der Waals surface area (Å²) in [7, 11) is 0. The molecule has 1 heterocycles. The molecule has 0 aliphatic rings. The van der Waals surface area contributed by atoms with Gasteiger partial charge < -0.3 is 10.1 Å². The van der Waals surface area contributed by atoms with Gasteiger partial charge in [-0.05, 0) is 48.5 Å². The minimum absolute atomic E-state index is 0.144. The number of hydrogen-bond donors (Lipinski definition) is 1. The molecule has 3 aromatic carbocycles. The molecule has 0 fully saturated rings. The lowest BCUT2D eigenvalue weighted by atomic mass is 10.2. The Bertz CT molecular complexity index is 1280. The number of anilines is 1. The standard InChI is InChI=1S/C23H16F2N4O2/c24-23(25)29-19-7-3-2-6-18(19)28-22(29)15-9-11-17(12-10-15)27-21(30)14-31-20-8-4-1-5-16(20)13-26/h1-12,23H,14H2,(H,27,30). The smallest absolute Gasteiger partial charge is 0.320 e. The number of nitrogens with zero attached hydrogens (tertiary/aromatic N) is 3. The fourth-order valence-electron chi connectivity index (χ4n) is 3.17. The molecule has 8 heteroatoms. The highest BCUT2D eigenvalue weighted by atomic mass is 19.3. The summed E-state index contributed by atoms with van der Waals surface area (Å²) in [4.78, 5) is 16.5. The second kappa shape index (κ2) is 8.63. The molecule has 4 aromatic rings. The zero-order valence-corrected chi connectivity index (χ0v) is 16.1. The number of carbonyl (C=O) groups excluding carboxylic acids is 1. The van der Waals surface area contributed by atoms with Gasteiger partial charge in [-0.15, -0.1) is 0 Å². The number of alkyl halides is 2. The van der Waals surface area contributed by atoms with E-state index in [2.05, 4.69) is 10.3 Å². The van der Waals surface area contributed by atoms with Gasteiger partial charge in [-0.1, -0.05) is 24.3 Å². The van der Waals surface area contributed by atoms with E-state index in [0.29, 0.717) is 33.6 Å². The summed E-state index contributed by atoms with van der Waals surface area (Å²) in [6, 6.07) is 21.7. The Balaban J connectivity index is 1.48. The zero-order valence-electron chi connectivity index (χ0n) is 16.1. The van der Waals surface area contributed by atoms with Crippen LogP contribution >= 0.6 is 0 Å². The van der Waals surface area contributed by atoms with Crippen LogP contribution in [0, 0.1) is 11.3 Å². The van der Waals surface area contributed by atoms with Crippen LogP contribution in [0.15, 0.2) is 72.8 Å². The van der Waals surface area contributed by atoms with Gasteiger partial charge in [0.2, 0.25) is 0 Å². The second-order valence-electron chi connectivity index (χ2n) is 6.59. The third-order valence-electron chi connectivity index (χ3n) is 4.58. The lowest BCUT2D eigenvalue weighted by Gasteiger charge is -2.10. The average Bonchev–Trinajstić information content (AvgIpc) is 3.18. The molecule has 31 heavy (non-hydrogen) atoms. The number of nitriles is 1. The predicted molar refractivity (Wildman–Crippen MR) is 112 cm³/mol. The van der Waals surface area contributed by atoms with Gasteiger partial charge in [0.1, 0.15) is 17.6 Å². The molecule has 0 aliphatic carbocycles. The summed E-state index contributed by atoms with van der Waals surface area (Å²) in [5.41, 5.74) is 2.13. The number of amides is 1. The first-order valence-corrected chi connectivity index (χ1v) is 9.34. The summed E-state index contributed by atoms with van der Waals surface area (Å²) in [5, 5.41) is 11.7. The van der Waals surface area contributed by atoms with Crippen molar-refractivity contribution in [3.63, 3.8) is 0 Å². The minimum Gasteiger partial charge on any atom is -0.482 e. The Labute approximate surface area is 176 Å². The lowest BCUT2D eigenvalue weighted by Crippen LogP contribution is -2.20. The van der Waals surface area contributed by atoms with E-state index in [1.165, 1.54) is 0 Å². The summed E-state index contributed by atoms with van der Waals surface area (Å²) in [6.45, 7) is -3.02. The number of para-hydroxylation sites is 3. The first-order valence-electron chi connectivity index (χ1n) is 9.34. The molecule has 6 nitrogen and oxygen atoms in total. The number of benzene rings is 3. The molecule has 0 saturated heterocycles. The maximum atomic E-state index is 13.6. The van der Waals surface area contributed by atoms with Crippen LogP contribution in [0.2, 0.25) is 0 Å². The topological polar surface area (TPSA) is 79.9 Å². The molecular formula is C23H16F2N4O2. The molecule has 1 aromatic heterocycles. The van der Waals surface area contributed by atoms with Crippen LogP contribution in [0.5, 0.6) is 5.75 Å². The van der Waals surface area contributed by atoms with E-state index in [4.69, 9.17) is 10.00 Å². The Morgan fingerprint density at radius 3 is 2.52 bits per heavy atom. The summed E-state index contributed by atoms with van der Waals surface area (Å²) in [6.07, 6.45) is 0. The maximum absolute atomic E-state index is 13.6. The molecule has 4 rings (SSSR count). The van der Waals surface area contributed by atoms with Crippen LogP contribution in [0.1, 0.15) is 12.1 Å². The van der Waals surface area contributed by atoms with Gasteiger partial charge >= 0.3 is 6.55 Å². The second-order valence-corrected chi connectivity index (χ2v) is 6.59. The Morgan fingerprint density at radius 2 is 1.77 bits per heavy atom. The van der Waals surface area contributed by atoms with Gasteiger partial charge in [0.25, 0.3) is 5.91 Å². The molecule has 0 bridgehead atoms. The van der Waals surface area contributed by atoms with Gasteiger partial charge in [-0.3, -0.25) is 9.36 Å². The number of aromatic nitrogens is 2. The normalized spacial score (nSPS) is 10.8. The van der Waals surface area contributed by atoms with E-state index in [-0.39, 0.29) is 12.4 Å². The molecule has 154 valence electrons. The number of rotatable bonds is 6. The number of ether oxygens (including phenoxy) is 1. The van der Waals surface area contributed by atoms with Crippen molar-refractivity contribution in [3.8, 4) is 23.2 Å².